The number of ether oxygens (including phenoxy) is 2. The minimum absolute atomic E-state index is 0.154. The summed E-state index contributed by atoms with van der Waals surface area (Å²) in [4.78, 5) is 35.9. The van der Waals surface area contributed by atoms with Crippen LogP contribution < -0.4 is 31.5 Å². The zero-order chi connectivity index (χ0) is 19.1. The van der Waals surface area contributed by atoms with Crippen molar-refractivity contribution >= 4 is 17.9 Å². The Kier molecular flexibility index (Phi) is 5.92. The van der Waals surface area contributed by atoms with E-state index in [1.165, 1.54) is 32.6 Å². The Balaban J connectivity index is 1.96. The van der Waals surface area contributed by atoms with Gasteiger partial charge in [-0.05, 0) is 12.1 Å². The van der Waals surface area contributed by atoms with Crippen LogP contribution >= 0.6 is 0 Å². The number of carbonyl (C=O) groups excluding carboxylic acids is 1. The summed E-state index contributed by atoms with van der Waals surface area (Å²) in [6, 6.07) is 2.99. The molecule has 0 unspecified atom stereocenters. The lowest BCUT2D eigenvalue weighted by Crippen LogP contribution is -2.31. The summed E-state index contributed by atoms with van der Waals surface area (Å²) < 4.78 is 10.0. The van der Waals surface area contributed by atoms with Gasteiger partial charge in [-0.25, -0.2) is 15.3 Å². The molecule has 26 heavy (non-hydrogen) atoms. The summed E-state index contributed by atoms with van der Waals surface area (Å²) in [5, 5.41) is 21.5. The van der Waals surface area contributed by atoms with Crippen molar-refractivity contribution in [1.82, 2.24) is 20.6 Å². The van der Waals surface area contributed by atoms with E-state index in [4.69, 9.17) is 9.47 Å². The van der Waals surface area contributed by atoms with Gasteiger partial charge in [0.2, 0.25) is 11.6 Å². The largest absolute Gasteiger partial charge is 0.502 e. The second kappa shape index (κ2) is 8.32. The van der Waals surface area contributed by atoms with Gasteiger partial charge in [0.25, 0.3) is 11.5 Å². The number of phenols is 1. The molecule has 1 aromatic carbocycles. The fourth-order valence-electron chi connectivity index (χ4n) is 1.84. The molecule has 2 rings (SSSR count). The van der Waals surface area contributed by atoms with Crippen molar-refractivity contribution in [2.75, 3.05) is 26.1 Å². The van der Waals surface area contributed by atoms with Gasteiger partial charge in [-0.15, -0.1) is 5.10 Å². The number of hydrogen-bond donors (Lipinski definition) is 5. The van der Waals surface area contributed by atoms with Gasteiger partial charge in [-0.2, -0.15) is 5.10 Å². The summed E-state index contributed by atoms with van der Waals surface area (Å²) in [7, 11) is 2.77. The van der Waals surface area contributed by atoms with E-state index in [0.29, 0.717) is 5.56 Å². The summed E-state index contributed by atoms with van der Waals surface area (Å²) in [6.45, 7) is -0.304. The molecule has 0 bridgehead atoms. The first kappa shape index (κ1) is 18.5. The fourth-order valence-corrected chi connectivity index (χ4v) is 1.84. The maximum atomic E-state index is 11.7. The monoisotopic (exact) mass is 364 g/mol. The topological polar surface area (TPSA) is 171 Å². The molecule has 12 nitrogen and oxygen atoms in total. The highest BCUT2D eigenvalue weighted by Crippen LogP contribution is 2.36. The molecule has 1 heterocycles. The van der Waals surface area contributed by atoms with Crippen LogP contribution in [0.25, 0.3) is 0 Å². The van der Waals surface area contributed by atoms with Gasteiger partial charge < -0.3 is 19.9 Å². The molecule has 0 aliphatic rings. The van der Waals surface area contributed by atoms with E-state index < -0.39 is 17.2 Å². The Morgan fingerprint density at radius 1 is 1.31 bits per heavy atom. The van der Waals surface area contributed by atoms with Crippen molar-refractivity contribution < 1.29 is 19.4 Å². The average molecular weight is 364 g/mol. The van der Waals surface area contributed by atoms with Crippen LogP contribution in [-0.2, 0) is 4.79 Å². The molecule has 0 radical (unpaired) electrons. The Bertz CT molecular complexity index is 909. The number of hydrazone groups is 1. The van der Waals surface area contributed by atoms with Crippen LogP contribution in [0.5, 0.6) is 17.2 Å². The zero-order valence-corrected chi connectivity index (χ0v) is 13.8. The predicted octanol–water partition coefficient (Wildman–Crippen LogP) is -1.26. The van der Waals surface area contributed by atoms with Gasteiger partial charge in [0, 0.05) is 5.56 Å². The van der Waals surface area contributed by atoms with Crippen molar-refractivity contribution in [2.45, 2.75) is 0 Å². The number of methoxy groups -OCH3 is 2. The van der Waals surface area contributed by atoms with Gasteiger partial charge in [0.1, 0.15) is 0 Å². The van der Waals surface area contributed by atoms with Crippen molar-refractivity contribution in [2.24, 2.45) is 5.10 Å². The Morgan fingerprint density at radius 3 is 2.54 bits per heavy atom. The number of phenolic OH excluding ortho intramolecular Hbond substituents is 1. The molecule has 0 spiro atoms. The molecule has 0 saturated heterocycles. The Labute approximate surface area is 145 Å². The van der Waals surface area contributed by atoms with Gasteiger partial charge >= 0.3 is 5.69 Å². The third kappa shape index (κ3) is 4.59. The number of H-pyrrole nitrogens is 2. The fraction of sp³-hybridized carbons (Fsp3) is 0.214. The smallest absolute Gasteiger partial charge is 0.342 e. The lowest BCUT2D eigenvalue weighted by atomic mass is 10.2. The highest BCUT2D eigenvalue weighted by Gasteiger charge is 2.10. The lowest BCUT2D eigenvalue weighted by Gasteiger charge is -2.09. The van der Waals surface area contributed by atoms with Gasteiger partial charge in [-0.3, -0.25) is 14.6 Å². The first-order chi connectivity index (χ1) is 12.4. The van der Waals surface area contributed by atoms with E-state index in [9.17, 15) is 19.5 Å². The molecule has 1 aromatic heterocycles. The highest BCUT2D eigenvalue weighted by atomic mass is 16.5. The van der Waals surface area contributed by atoms with E-state index in [-0.39, 0.29) is 29.6 Å². The molecule has 12 heteroatoms. The molecule has 138 valence electrons. The molecule has 1 amide bonds. The molecular formula is C14H16N6O6. The maximum Gasteiger partial charge on any atom is 0.342 e. The number of hydrogen-bond acceptors (Lipinski definition) is 9. The number of nitrogens with zero attached hydrogens (tertiary/aromatic N) is 2. The summed E-state index contributed by atoms with van der Waals surface area (Å²) in [5.41, 5.74) is 1.23. The third-order valence-electron chi connectivity index (χ3n) is 3.03. The van der Waals surface area contributed by atoms with E-state index in [2.05, 4.69) is 20.9 Å². The second-order valence-corrected chi connectivity index (χ2v) is 4.78. The molecule has 0 saturated carbocycles. The van der Waals surface area contributed by atoms with E-state index in [1.807, 2.05) is 10.1 Å². The average Bonchev–Trinajstić information content (AvgIpc) is 2.62. The van der Waals surface area contributed by atoms with E-state index in [1.54, 1.807) is 0 Å². The van der Waals surface area contributed by atoms with Gasteiger partial charge in [0.15, 0.2) is 11.5 Å². The zero-order valence-electron chi connectivity index (χ0n) is 13.8. The van der Waals surface area contributed by atoms with Crippen LogP contribution in [0.15, 0.2) is 26.8 Å². The number of nitrogens with one attached hydrogen (secondary N) is 4. The van der Waals surface area contributed by atoms with Crippen molar-refractivity contribution in [3.63, 3.8) is 0 Å². The first-order valence-corrected chi connectivity index (χ1v) is 7.14. The van der Waals surface area contributed by atoms with Crippen molar-refractivity contribution in [3.05, 3.63) is 38.5 Å². The van der Waals surface area contributed by atoms with Crippen molar-refractivity contribution in [3.8, 4) is 17.2 Å². The number of aromatic hydroxyl groups is 1. The van der Waals surface area contributed by atoms with Crippen LogP contribution in [0.2, 0.25) is 0 Å². The van der Waals surface area contributed by atoms with Crippen LogP contribution in [0.1, 0.15) is 5.56 Å². The molecule has 0 aliphatic carbocycles. The maximum absolute atomic E-state index is 11.7. The van der Waals surface area contributed by atoms with Crippen LogP contribution in [0.3, 0.4) is 0 Å². The number of benzene rings is 1. The van der Waals surface area contributed by atoms with Crippen LogP contribution in [0.4, 0.5) is 5.82 Å². The summed E-state index contributed by atoms with van der Waals surface area (Å²) in [6.07, 6.45) is 1.31. The summed E-state index contributed by atoms with van der Waals surface area (Å²) in [5.74, 6) is -0.563. The number of anilines is 1. The predicted molar refractivity (Wildman–Crippen MR) is 90.9 cm³/mol. The number of aromatic amines is 2. The van der Waals surface area contributed by atoms with E-state index >= 15 is 0 Å². The number of carbonyl (C=O) groups is 1. The minimum atomic E-state index is -0.756. The molecule has 2 aromatic rings. The normalized spacial score (nSPS) is 10.5. The Hall–Kier alpha value is -3.83. The molecule has 5 N–H and O–H groups in total. The number of aromatic nitrogens is 3. The quantitative estimate of drug-likeness (QED) is 0.299. The lowest BCUT2D eigenvalue weighted by molar-refractivity contribution is -0.119. The van der Waals surface area contributed by atoms with Gasteiger partial charge in [-0.1, -0.05) is 0 Å². The SMILES string of the molecule is COc1cc(/C=N\NC(=O)CNc2n[nH]c(=O)[nH]c2=O)cc(OC)c1O. The Morgan fingerprint density at radius 2 is 1.96 bits per heavy atom. The van der Waals surface area contributed by atoms with E-state index in [0.717, 1.165) is 0 Å². The molecule has 0 fully saturated rings. The minimum Gasteiger partial charge on any atom is -0.502 e. The number of rotatable bonds is 7. The highest BCUT2D eigenvalue weighted by molar-refractivity contribution is 5.85. The third-order valence-corrected chi connectivity index (χ3v) is 3.03. The summed E-state index contributed by atoms with van der Waals surface area (Å²) >= 11 is 0. The first-order valence-electron chi connectivity index (χ1n) is 7.14. The number of amides is 1. The second-order valence-electron chi connectivity index (χ2n) is 4.78. The standard InChI is InChI=1S/C14H16N6O6/c1-25-8-3-7(4-9(26-2)11(8)22)5-16-18-10(21)6-15-12-13(23)17-14(24)20-19-12/h3-5,22H,6H2,1-2H3,(H,15,19)(H,18,21)(H2,17,20,23,24)/b16-5-. The molecule has 0 atom stereocenters. The van der Waals surface area contributed by atoms with Crippen LogP contribution in [-0.4, -0.2) is 53.2 Å². The molecular weight excluding hydrogens is 348 g/mol. The molecule has 0 aliphatic heterocycles. The van der Waals surface area contributed by atoms with Gasteiger partial charge in [0.05, 0.1) is 27.0 Å². The van der Waals surface area contributed by atoms with Crippen molar-refractivity contribution in [1.29, 1.82) is 0 Å². The van der Waals surface area contributed by atoms with Crippen LogP contribution in [0, 0.1) is 0 Å².